The maximum atomic E-state index is 11.1. The highest BCUT2D eigenvalue weighted by Gasteiger charge is 2.29. The molecule has 1 unspecified atom stereocenters. The van der Waals surface area contributed by atoms with E-state index in [0.717, 1.165) is 19.4 Å². The van der Waals surface area contributed by atoms with Gasteiger partial charge in [0.15, 0.2) is 0 Å². The number of methoxy groups -OCH3 is 1. The number of ether oxygens (including phenoxy) is 1. The van der Waals surface area contributed by atoms with Crippen LogP contribution in [0.4, 0.5) is 0 Å². The summed E-state index contributed by atoms with van der Waals surface area (Å²) in [6.45, 7) is 1.36. The van der Waals surface area contributed by atoms with Crippen molar-refractivity contribution in [2.24, 2.45) is 5.73 Å². The van der Waals surface area contributed by atoms with Gasteiger partial charge in [0.1, 0.15) is 6.04 Å². The van der Waals surface area contributed by atoms with Crippen molar-refractivity contribution in [1.82, 2.24) is 4.90 Å². The van der Waals surface area contributed by atoms with Gasteiger partial charge in [-0.2, -0.15) is 0 Å². The molecule has 64 valence electrons. The first-order valence-corrected chi connectivity index (χ1v) is 3.81. The standard InChI is InChI=1S/C7H14N2O2/c1-11-7(10)6-3-2-4-9(6)5-8/h6H,2-5,8H2,1H3. The first-order chi connectivity index (χ1) is 5.29. The van der Waals surface area contributed by atoms with Gasteiger partial charge in [-0.25, -0.2) is 0 Å². The fraction of sp³-hybridized carbons (Fsp3) is 0.857. The highest BCUT2D eigenvalue weighted by atomic mass is 16.5. The van der Waals surface area contributed by atoms with Crippen LogP contribution >= 0.6 is 0 Å². The molecular formula is C7H14N2O2. The van der Waals surface area contributed by atoms with Gasteiger partial charge in [-0.3, -0.25) is 9.69 Å². The molecule has 0 aromatic heterocycles. The average Bonchev–Trinajstić information content (AvgIpc) is 2.50. The molecule has 1 heterocycles. The summed E-state index contributed by atoms with van der Waals surface area (Å²) in [6, 6.07) is -0.0926. The van der Waals surface area contributed by atoms with Gasteiger partial charge >= 0.3 is 5.97 Å². The Morgan fingerprint density at radius 2 is 2.55 bits per heavy atom. The van der Waals surface area contributed by atoms with Crippen LogP contribution in [-0.2, 0) is 9.53 Å². The molecule has 1 saturated heterocycles. The Kier molecular flexibility index (Phi) is 2.84. The lowest BCUT2D eigenvalue weighted by Gasteiger charge is -2.19. The second-order valence-corrected chi connectivity index (χ2v) is 2.68. The van der Waals surface area contributed by atoms with Gasteiger partial charge in [0.05, 0.1) is 7.11 Å². The molecule has 0 aromatic rings. The van der Waals surface area contributed by atoms with Crippen molar-refractivity contribution in [2.45, 2.75) is 18.9 Å². The highest BCUT2D eigenvalue weighted by molar-refractivity contribution is 5.75. The van der Waals surface area contributed by atoms with Gasteiger partial charge < -0.3 is 10.5 Å². The third-order valence-electron chi connectivity index (χ3n) is 2.07. The summed E-state index contributed by atoms with van der Waals surface area (Å²) in [5.41, 5.74) is 5.43. The van der Waals surface area contributed by atoms with Crippen molar-refractivity contribution >= 4 is 5.97 Å². The monoisotopic (exact) mass is 158 g/mol. The fourth-order valence-corrected chi connectivity index (χ4v) is 1.45. The Labute approximate surface area is 66.3 Å². The fourth-order valence-electron chi connectivity index (χ4n) is 1.45. The molecule has 1 aliphatic heterocycles. The molecule has 1 aliphatic rings. The van der Waals surface area contributed by atoms with E-state index in [4.69, 9.17) is 5.73 Å². The summed E-state index contributed by atoms with van der Waals surface area (Å²) in [7, 11) is 1.41. The van der Waals surface area contributed by atoms with E-state index >= 15 is 0 Å². The Balaban J connectivity index is 2.49. The minimum absolute atomic E-state index is 0.0926. The van der Waals surface area contributed by atoms with Crippen LogP contribution < -0.4 is 5.73 Å². The van der Waals surface area contributed by atoms with E-state index in [2.05, 4.69) is 4.74 Å². The van der Waals surface area contributed by atoms with E-state index in [1.807, 2.05) is 4.90 Å². The van der Waals surface area contributed by atoms with Crippen molar-refractivity contribution in [2.75, 3.05) is 20.3 Å². The van der Waals surface area contributed by atoms with Gasteiger partial charge in [0.25, 0.3) is 0 Å². The number of carbonyl (C=O) groups is 1. The predicted octanol–water partition coefficient (Wildman–Crippen LogP) is -0.460. The van der Waals surface area contributed by atoms with E-state index in [0.29, 0.717) is 6.67 Å². The van der Waals surface area contributed by atoms with E-state index in [-0.39, 0.29) is 12.0 Å². The third-order valence-corrected chi connectivity index (χ3v) is 2.07. The lowest BCUT2D eigenvalue weighted by molar-refractivity contribution is -0.145. The summed E-state index contributed by atoms with van der Waals surface area (Å²) < 4.78 is 4.63. The molecule has 0 aliphatic carbocycles. The van der Waals surface area contributed by atoms with Gasteiger partial charge in [-0.15, -0.1) is 0 Å². The molecule has 0 amide bonds. The van der Waals surface area contributed by atoms with Crippen LogP contribution in [0.2, 0.25) is 0 Å². The summed E-state index contributed by atoms with van der Waals surface area (Å²) in [5, 5.41) is 0. The molecule has 2 N–H and O–H groups in total. The summed E-state index contributed by atoms with van der Waals surface area (Å²) in [4.78, 5) is 13.0. The van der Waals surface area contributed by atoms with Crippen molar-refractivity contribution < 1.29 is 9.53 Å². The normalized spacial score (nSPS) is 25.5. The number of hydrogen-bond acceptors (Lipinski definition) is 4. The minimum atomic E-state index is -0.159. The van der Waals surface area contributed by atoms with Crippen molar-refractivity contribution in [3.05, 3.63) is 0 Å². The maximum Gasteiger partial charge on any atom is 0.323 e. The van der Waals surface area contributed by atoms with Crippen LogP contribution in [0.5, 0.6) is 0 Å². The number of carbonyl (C=O) groups excluding carboxylic acids is 1. The second kappa shape index (κ2) is 3.69. The number of hydrogen-bond donors (Lipinski definition) is 1. The SMILES string of the molecule is COC(=O)C1CCCN1CN. The quantitative estimate of drug-likeness (QED) is 0.552. The molecule has 1 atom stereocenters. The molecule has 0 saturated carbocycles. The predicted molar refractivity (Wildman–Crippen MR) is 40.8 cm³/mol. The van der Waals surface area contributed by atoms with Crippen LogP contribution in [0.1, 0.15) is 12.8 Å². The second-order valence-electron chi connectivity index (χ2n) is 2.68. The van der Waals surface area contributed by atoms with Gasteiger partial charge in [-0.05, 0) is 12.8 Å². The van der Waals surface area contributed by atoms with Crippen LogP contribution in [0.3, 0.4) is 0 Å². The number of rotatable bonds is 2. The minimum Gasteiger partial charge on any atom is -0.468 e. The number of likely N-dealkylation sites (tertiary alicyclic amines) is 1. The molecule has 0 bridgehead atoms. The Hall–Kier alpha value is -0.610. The molecule has 0 spiro atoms. The zero-order chi connectivity index (χ0) is 8.27. The van der Waals surface area contributed by atoms with Crippen molar-refractivity contribution in [3.8, 4) is 0 Å². The molecular weight excluding hydrogens is 144 g/mol. The van der Waals surface area contributed by atoms with Crippen LogP contribution in [0.15, 0.2) is 0 Å². The van der Waals surface area contributed by atoms with Crippen LogP contribution in [0, 0.1) is 0 Å². The lowest BCUT2D eigenvalue weighted by Crippen LogP contribution is -2.40. The molecule has 4 heteroatoms. The van der Waals surface area contributed by atoms with Gasteiger partial charge in [0, 0.05) is 13.2 Å². The van der Waals surface area contributed by atoms with Crippen molar-refractivity contribution in [3.63, 3.8) is 0 Å². The van der Waals surface area contributed by atoms with Crippen molar-refractivity contribution in [1.29, 1.82) is 0 Å². The molecule has 4 nitrogen and oxygen atoms in total. The number of nitrogens with zero attached hydrogens (tertiary/aromatic N) is 1. The first kappa shape index (κ1) is 8.49. The highest BCUT2D eigenvalue weighted by Crippen LogP contribution is 2.16. The average molecular weight is 158 g/mol. The smallest absolute Gasteiger partial charge is 0.323 e. The van der Waals surface area contributed by atoms with E-state index < -0.39 is 0 Å². The topological polar surface area (TPSA) is 55.6 Å². The molecule has 0 radical (unpaired) electrons. The number of esters is 1. The molecule has 11 heavy (non-hydrogen) atoms. The third kappa shape index (κ3) is 1.70. The summed E-state index contributed by atoms with van der Waals surface area (Å²) in [5.74, 6) is -0.159. The van der Waals surface area contributed by atoms with Gasteiger partial charge in [0.2, 0.25) is 0 Å². The summed E-state index contributed by atoms with van der Waals surface area (Å²) in [6.07, 6.45) is 1.92. The van der Waals surface area contributed by atoms with E-state index in [1.165, 1.54) is 7.11 Å². The lowest BCUT2D eigenvalue weighted by atomic mass is 10.2. The van der Waals surface area contributed by atoms with Crippen LogP contribution in [0.25, 0.3) is 0 Å². The van der Waals surface area contributed by atoms with E-state index in [9.17, 15) is 4.79 Å². The summed E-state index contributed by atoms with van der Waals surface area (Å²) >= 11 is 0. The Bertz CT molecular complexity index is 149. The molecule has 0 aromatic carbocycles. The zero-order valence-corrected chi connectivity index (χ0v) is 6.75. The zero-order valence-electron chi connectivity index (χ0n) is 6.75. The Morgan fingerprint density at radius 1 is 1.82 bits per heavy atom. The number of nitrogens with two attached hydrogens (primary N) is 1. The van der Waals surface area contributed by atoms with Crippen LogP contribution in [-0.4, -0.2) is 37.2 Å². The van der Waals surface area contributed by atoms with Gasteiger partial charge in [-0.1, -0.05) is 0 Å². The van der Waals surface area contributed by atoms with E-state index in [1.54, 1.807) is 0 Å². The molecule has 1 fully saturated rings. The Morgan fingerprint density at radius 3 is 3.09 bits per heavy atom. The largest absolute Gasteiger partial charge is 0.468 e. The first-order valence-electron chi connectivity index (χ1n) is 3.81. The molecule has 1 rings (SSSR count). The maximum absolute atomic E-state index is 11.1.